The number of nitrogens with zero attached hydrogens (tertiary/aromatic N) is 2. The quantitative estimate of drug-likeness (QED) is 0.502. The van der Waals surface area contributed by atoms with E-state index >= 15 is 0 Å². The molecule has 1 saturated carbocycles. The molecule has 2 unspecified atom stereocenters. The van der Waals surface area contributed by atoms with Gasteiger partial charge >= 0.3 is 0 Å². The molecule has 6 nitrogen and oxygen atoms in total. The summed E-state index contributed by atoms with van der Waals surface area (Å²) in [5.41, 5.74) is 5.59. The number of aryl methyl sites for hydroxylation is 1. The van der Waals surface area contributed by atoms with Gasteiger partial charge < -0.3 is 15.0 Å². The van der Waals surface area contributed by atoms with E-state index in [1.807, 2.05) is 31.2 Å². The van der Waals surface area contributed by atoms with Crippen LogP contribution < -0.4 is 10.1 Å². The van der Waals surface area contributed by atoms with Gasteiger partial charge in [0.05, 0.1) is 6.04 Å². The van der Waals surface area contributed by atoms with Crippen LogP contribution in [0.5, 0.6) is 5.75 Å². The number of hydrogen-bond acceptors (Lipinski definition) is 4. The van der Waals surface area contributed by atoms with Crippen LogP contribution in [0.25, 0.3) is 0 Å². The summed E-state index contributed by atoms with van der Waals surface area (Å²) in [7, 11) is 0. The van der Waals surface area contributed by atoms with Crippen molar-refractivity contribution in [3.05, 3.63) is 94.8 Å². The fourth-order valence-electron chi connectivity index (χ4n) is 4.96. The number of nitrogens with one attached hydrogen (secondary N) is 1. The van der Waals surface area contributed by atoms with Crippen molar-refractivity contribution in [2.45, 2.75) is 58.2 Å². The number of amides is 2. The summed E-state index contributed by atoms with van der Waals surface area (Å²) in [6.07, 6.45) is 6.16. The highest BCUT2D eigenvalue weighted by Gasteiger charge is 2.39. The van der Waals surface area contributed by atoms with Crippen molar-refractivity contribution in [3.8, 4) is 5.75 Å². The van der Waals surface area contributed by atoms with Gasteiger partial charge in [0.1, 0.15) is 5.75 Å². The Morgan fingerprint density at radius 3 is 2.64 bits per heavy atom. The number of rotatable bonds is 8. The maximum Gasteiger partial charge on any atom is 0.261 e. The second kappa shape index (κ2) is 10.5. The average molecular weight is 484 g/mol. The molecule has 1 aliphatic carbocycles. The zero-order valence-corrected chi connectivity index (χ0v) is 20.9. The van der Waals surface area contributed by atoms with Crippen molar-refractivity contribution in [1.82, 2.24) is 15.2 Å². The standard InChI is InChI=1S/C30H33N3O3/c1-3-27(29(34)32-19-21-11-14-31-15-12-21)36-25-10-9-22-13-16-33(30(35)23-7-8-23)28(26(22)18-25)24-6-4-5-20(2)17-24/h4-6,9-12,14-15,17-18,23,27-28H,3,7-8,13,16,19H2,1-2H3,(H,32,34). The molecule has 6 heteroatoms. The van der Waals surface area contributed by atoms with Crippen molar-refractivity contribution >= 4 is 11.8 Å². The molecule has 2 aromatic carbocycles. The van der Waals surface area contributed by atoms with Crippen LogP contribution >= 0.6 is 0 Å². The molecule has 1 aliphatic heterocycles. The molecule has 2 atom stereocenters. The highest BCUT2D eigenvalue weighted by molar-refractivity contribution is 5.82. The molecule has 5 rings (SSSR count). The molecular weight excluding hydrogens is 450 g/mol. The summed E-state index contributed by atoms with van der Waals surface area (Å²) in [5, 5.41) is 2.97. The van der Waals surface area contributed by atoms with Crippen LogP contribution in [0.4, 0.5) is 0 Å². The lowest BCUT2D eigenvalue weighted by molar-refractivity contribution is -0.134. The topological polar surface area (TPSA) is 71.5 Å². The van der Waals surface area contributed by atoms with E-state index in [-0.39, 0.29) is 23.8 Å². The van der Waals surface area contributed by atoms with Crippen LogP contribution in [0.3, 0.4) is 0 Å². The summed E-state index contributed by atoms with van der Waals surface area (Å²) in [6.45, 7) is 5.17. The molecule has 1 aromatic heterocycles. The Morgan fingerprint density at radius 2 is 1.92 bits per heavy atom. The third kappa shape index (κ3) is 5.27. The highest BCUT2D eigenvalue weighted by Crippen LogP contribution is 2.41. The predicted octanol–water partition coefficient (Wildman–Crippen LogP) is 4.75. The Hall–Kier alpha value is -3.67. The first-order chi connectivity index (χ1) is 17.5. The van der Waals surface area contributed by atoms with E-state index in [1.54, 1.807) is 12.4 Å². The Labute approximate surface area is 212 Å². The van der Waals surface area contributed by atoms with Crippen molar-refractivity contribution in [1.29, 1.82) is 0 Å². The first-order valence-corrected chi connectivity index (χ1v) is 12.9. The van der Waals surface area contributed by atoms with Gasteiger partial charge in [0.15, 0.2) is 6.10 Å². The summed E-state index contributed by atoms with van der Waals surface area (Å²) in [4.78, 5) is 32.2. The molecular formula is C30H33N3O3. The number of pyridine rings is 1. The summed E-state index contributed by atoms with van der Waals surface area (Å²) >= 11 is 0. The number of carbonyl (C=O) groups is 2. The SMILES string of the molecule is CCC(Oc1ccc2c(c1)C(c1cccc(C)c1)N(C(=O)C1CC1)CC2)C(=O)NCc1ccncc1. The van der Waals surface area contributed by atoms with E-state index < -0.39 is 6.10 Å². The molecule has 2 amide bonds. The van der Waals surface area contributed by atoms with Crippen LogP contribution in [-0.4, -0.2) is 34.3 Å². The van der Waals surface area contributed by atoms with E-state index in [0.717, 1.165) is 42.5 Å². The van der Waals surface area contributed by atoms with Crippen LogP contribution in [0.2, 0.25) is 0 Å². The first kappa shape index (κ1) is 24.0. The van der Waals surface area contributed by atoms with Crippen LogP contribution in [0.15, 0.2) is 67.0 Å². The molecule has 0 spiro atoms. The van der Waals surface area contributed by atoms with E-state index in [9.17, 15) is 9.59 Å². The number of aromatic nitrogens is 1. The number of benzene rings is 2. The molecule has 0 radical (unpaired) electrons. The molecule has 2 aliphatic rings. The summed E-state index contributed by atoms with van der Waals surface area (Å²) in [6, 6.07) is 18.1. The van der Waals surface area contributed by atoms with Gasteiger partial charge in [-0.2, -0.15) is 0 Å². The third-order valence-electron chi connectivity index (χ3n) is 7.07. The smallest absolute Gasteiger partial charge is 0.261 e. The van der Waals surface area contributed by atoms with Gasteiger partial charge in [0, 0.05) is 31.4 Å². The fourth-order valence-corrected chi connectivity index (χ4v) is 4.96. The van der Waals surface area contributed by atoms with E-state index in [2.05, 4.69) is 52.5 Å². The maximum absolute atomic E-state index is 13.3. The Kier molecular flexibility index (Phi) is 7.03. The molecule has 3 aromatic rings. The van der Waals surface area contributed by atoms with Gasteiger partial charge in [-0.3, -0.25) is 14.6 Å². The van der Waals surface area contributed by atoms with Crippen molar-refractivity contribution in [2.24, 2.45) is 5.92 Å². The molecule has 2 heterocycles. The number of hydrogen-bond donors (Lipinski definition) is 1. The van der Waals surface area contributed by atoms with Crippen molar-refractivity contribution in [3.63, 3.8) is 0 Å². The van der Waals surface area contributed by atoms with Crippen molar-refractivity contribution < 1.29 is 14.3 Å². The van der Waals surface area contributed by atoms with Gasteiger partial charge in [-0.25, -0.2) is 0 Å². The van der Waals surface area contributed by atoms with Crippen LogP contribution in [-0.2, 0) is 22.6 Å². The summed E-state index contributed by atoms with van der Waals surface area (Å²) in [5.74, 6) is 0.915. The first-order valence-electron chi connectivity index (χ1n) is 12.9. The molecule has 0 saturated heterocycles. The second-order valence-corrected chi connectivity index (χ2v) is 9.82. The van der Waals surface area contributed by atoms with E-state index in [4.69, 9.17) is 4.74 Å². The molecule has 186 valence electrons. The maximum atomic E-state index is 13.3. The Bertz CT molecular complexity index is 1240. The van der Waals surface area contributed by atoms with Gasteiger partial charge in [0.2, 0.25) is 5.91 Å². The van der Waals surface area contributed by atoms with E-state index in [1.165, 1.54) is 11.1 Å². The third-order valence-corrected chi connectivity index (χ3v) is 7.07. The minimum absolute atomic E-state index is 0.146. The minimum atomic E-state index is -0.602. The lowest BCUT2D eigenvalue weighted by Crippen LogP contribution is -2.41. The normalized spacial score (nSPS) is 17.7. The van der Waals surface area contributed by atoms with Gasteiger partial charge in [-0.05, 0) is 79.1 Å². The monoisotopic (exact) mass is 483 g/mol. The number of ether oxygens (including phenoxy) is 1. The fraction of sp³-hybridized carbons (Fsp3) is 0.367. The largest absolute Gasteiger partial charge is 0.481 e. The zero-order valence-electron chi connectivity index (χ0n) is 20.9. The second-order valence-electron chi connectivity index (χ2n) is 9.82. The lowest BCUT2D eigenvalue weighted by atomic mass is 9.87. The zero-order chi connectivity index (χ0) is 25.1. The average Bonchev–Trinajstić information content (AvgIpc) is 3.75. The van der Waals surface area contributed by atoms with Gasteiger partial charge in [-0.1, -0.05) is 42.8 Å². The molecule has 1 fully saturated rings. The lowest BCUT2D eigenvalue weighted by Gasteiger charge is -2.38. The molecule has 1 N–H and O–H groups in total. The highest BCUT2D eigenvalue weighted by atomic mass is 16.5. The molecule has 36 heavy (non-hydrogen) atoms. The van der Waals surface area contributed by atoms with Crippen LogP contribution in [0, 0.1) is 12.8 Å². The summed E-state index contributed by atoms with van der Waals surface area (Å²) < 4.78 is 6.22. The number of carbonyl (C=O) groups excluding carboxylic acids is 2. The number of fused-ring (bicyclic) bond motifs is 1. The minimum Gasteiger partial charge on any atom is -0.481 e. The predicted molar refractivity (Wildman–Crippen MR) is 138 cm³/mol. The van der Waals surface area contributed by atoms with Gasteiger partial charge in [0.25, 0.3) is 5.91 Å². The Balaban J connectivity index is 1.39. The Morgan fingerprint density at radius 1 is 1.11 bits per heavy atom. The van der Waals surface area contributed by atoms with Gasteiger partial charge in [-0.15, -0.1) is 0 Å². The van der Waals surface area contributed by atoms with Crippen LogP contribution in [0.1, 0.15) is 60.0 Å². The van der Waals surface area contributed by atoms with E-state index in [0.29, 0.717) is 18.7 Å². The van der Waals surface area contributed by atoms with Crippen molar-refractivity contribution in [2.75, 3.05) is 6.54 Å². The molecule has 0 bridgehead atoms.